The molecule has 2 heterocycles. The Labute approximate surface area is 258 Å². The lowest BCUT2D eigenvalue weighted by Gasteiger charge is -2.44. The third-order valence-corrected chi connectivity index (χ3v) is 7.87. The number of aromatic nitrogens is 1. The van der Waals surface area contributed by atoms with Crippen molar-refractivity contribution in [2.24, 2.45) is 5.41 Å². The summed E-state index contributed by atoms with van der Waals surface area (Å²) in [6.45, 7) is 5.32. The van der Waals surface area contributed by atoms with Crippen LogP contribution in [0, 0.1) is 11.2 Å². The van der Waals surface area contributed by atoms with Gasteiger partial charge in [-0.1, -0.05) is 25.4 Å². The number of aliphatic carboxylic acids is 1. The Bertz CT molecular complexity index is 1550. The maximum Gasteiger partial charge on any atom is 0.490 e. The van der Waals surface area contributed by atoms with Crippen LogP contribution in [-0.2, 0) is 27.5 Å². The number of nitrogens with zero attached hydrogens (tertiary/aromatic N) is 2. The minimum Gasteiger partial charge on any atom is -0.475 e. The fourth-order valence-corrected chi connectivity index (χ4v) is 5.49. The average Bonchev–Trinajstić information content (AvgIpc) is 3.70. The molecule has 2 aromatic rings. The van der Waals surface area contributed by atoms with Gasteiger partial charge in [0.05, 0.1) is 28.6 Å². The first kappa shape index (κ1) is 36.3. The number of pyridine rings is 1. The molecule has 0 radical (unpaired) electrons. The summed E-state index contributed by atoms with van der Waals surface area (Å²) in [7, 11) is -3.84. The molecule has 0 bridgehead atoms. The van der Waals surface area contributed by atoms with Crippen LogP contribution in [-0.4, -0.2) is 66.9 Å². The van der Waals surface area contributed by atoms with Crippen LogP contribution in [0.4, 0.5) is 30.7 Å². The van der Waals surface area contributed by atoms with Crippen molar-refractivity contribution in [3.05, 3.63) is 57.5 Å². The van der Waals surface area contributed by atoms with Crippen molar-refractivity contribution in [3.8, 4) is 5.88 Å². The van der Waals surface area contributed by atoms with E-state index in [2.05, 4.69) is 9.88 Å². The van der Waals surface area contributed by atoms with Gasteiger partial charge < -0.3 is 9.84 Å². The van der Waals surface area contributed by atoms with Crippen molar-refractivity contribution in [2.75, 3.05) is 19.3 Å². The molecule has 0 spiro atoms. The van der Waals surface area contributed by atoms with Gasteiger partial charge >= 0.3 is 18.3 Å². The minimum atomic E-state index is -5.08. The second-order valence-electron chi connectivity index (χ2n) is 11.4. The Balaban J connectivity index is 0.000000707. The minimum absolute atomic E-state index is 0.158. The summed E-state index contributed by atoms with van der Waals surface area (Å²) in [5.41, 5.74) is -0.285. The molecule has 4 rings (SSSR count). The molecule has 2 N–H and O–H groups in total. The number of hydrogen-bond acceptors (Lipinski definition) is 7. The lowest BCUT2D eigenvalue weighted by atomic mass is 9.80. The van der Waals surface area contributed by atoms with E-state index in [0.717, 1.165) is 36.9 Å². The zero-order chi connectivity index (χ0) is 34.1. The number of hydrogen-bond donors (Lipinski definition) is 2. The van der Waals surface area contributed by atoms with Gasteiger partial charge in [-0.3, -0.25) is 9.69 Å². The molecule has 1 aromatic carbocycles. The molecule has 9 nitrogen and oxygen atoms in total. The van der Waals surface area contributed by atoms with Crippen LogP contribution in [0.3, 0.4) is 0 Å². The molecule has 45 heavy (non-hydrogen) atoms. The first-order valence-corrected chi connectivity index (χ1v) is 15.5. The van der Waals surface area contributed by atoms with E-state index in [9.17, 15) is 43.9 Å². The number of carbonyl (C=O) groups is 2. The van der Waals surface area contributed by atoms with E-state index in [4.69, 9.17) is 26.2 Å². The van der Waals surface area contributed by atoms with Crippen LogP contribution in [0.1, 0.15) is 66.1 Å². The summed E-state index contributed by atoms with van der Waals surface area (Å²) in [5, 5.41) is 6.62. The van der Waals surface area contributed by atoms with Gasteiger partial charge in [0.2, 0.25) is 15.9 Å². The van der Waals surface area contributed by atoms with Crippen molar-refractivity contribution < 1.29 is 58.6 Å². The fourth-order valence-electron chi connectivity index (χ4n) is 4.83. The van der Waals surface area contributed by atoms with Crippen LogP contribution < -0.4 is 9.46 Å². The zero-order valence-corrected chi connectivity index (χ0v) is 25.6. The summed E-state index contributed by atoms with van der Waals surface area (Å²) in [6.07, 6.45) is -6.11. The molecule has 2 fully saturated rings. The van der Waals surface area contributed by atoms with E-state index in [1.165, 1.54) is 12.1 Å². The summed E-state index contributed by atoms with van der Waals surface area (Å²) in [5.74, 6) is -4.57. The predicted octanol–water partition coefficient (Wildman–Crippen LogP) is 5.77. The van der Waals surface area contributed by atoms with Crippen LogP contribution >= 0.6 is 11.6 Å². The fraction of sp³-hybridized carbons (Fsp3) is 0.519. The number of ether oxygens (including phenoxy) is 1. The van der Waals surface area contributed by atoms with Gasteiger partial charge in [-0.15, -0.1) is 0 Å². The Kier molecular flexibility index (Phi) is 10.7. The second-order valence-corrected chi connectivity index (χ2v) is 13.6. The number of nitrogens with one attached hydrogen (secondary N) is 1. The summed E-state index contributed by atoms with van der Waals surface area (Å²) in [4.78, 5) is 27.2. The maximum absolute atomic E-state index is 14.9. The average molecular weight is 692 g/mol. The number of carboxylic acid groups (broad SMARTS) is 1. The Morgan fingerprint density at radius 3 is 2.22 bits per heavy atom. The molecular weight excluding hydrogens is 663 g/mol. The van der Waals surface area contributed by atoms with Gasteiger partial charge in [-0.25, -0.2) is 27.3 Å². The van der Waals surface area contributed by atoms with Gasteiger partial charge in [-0.05, 0) is 48.4 Å². The number of rotatable bonds is 7. The van der Waals surface area contributed by atoms with E-state index < -0.39 is 62.2 Å². The van der Waals surface area contributed by atoms with Gasteiger partial charge in [0, 0.05) is 31.1 Å². The smallest absolute Gasteiger partial charge is 0.475 e. The third kappa shape index (κ3) is 10.2. The number of amides is 1. The Hall–Kier alpha value is -3.18. The SMILES string of the molecule is CC1(C)CN(Cc2cc(F)c(C(=O)NS(C)(=O)=O)cc2C2CC2)CCC1Oc1cc(C(F)(F)F)c(Cl)cn1.O=C(O)C(F)(F)F. The molecule has 1 saturated heterocycles. The Morgan fingerprint density at radius 2 is 1.73 bits per heavy atom. The highest BCUT2D eigenvalue weighted by Gasteiger charge is 2.40. The standard InChI is InChI=1S/C25H28ClF4N3O4S.C2HF3O2/c1-24(2)13-33(7-6-21(24)37-22-10-18(25(28,29)30)19(26)11-31-22)12-15-8-20(27)17(9-16(15)14-4-5-14)23(34)32-38(3,35)36;3-2(4,5)1(6)7/h8-11,14,21H,4-7,12-13H2,1-3H3,(H,32,34);(H,6,7). The normalized spacial score (nSPS) is 18.9. The largest absolute Gasteiger partial charge is 0.490 e. The monoisotopic (exact) mass is 691 g/mol. The van der Waals surface area contributed by atoms with Crippen molar-refractivity contribution in [1.82, 2.24) is 14.6 Å². The number of halogens is 8. The van der Waals surface area contributed by atoms with E-state index in [-0.39, 0.29) is 17.4 Å². The first-order chi connectivity index (χ1) is 20.5. The molecule has 1 aromatic heterocycles. The molecule has 1 aliphatic heterocycles. The van der Waals surface area contributed by atoms with Crippen molar-refractivity contribution in [2.45, 2.75) is 64.0 Å². The number of likely N-dealkylation sites (tertiary alicyclic amines) is 1. The van der Waals surface area contributed by atoms with Crippen molar-refractivity contribution in [3.63, 3.8) is 0 Å². The van der Waals surface area contributed by atoms with Crippen molar-refractivity contribution in [1.29, 1.82) is 0 Å². The summed E-state index contributed by atoms with van der Waals surface area (Å²) in [6, 6.07) is 3.53. The maximum atomic E-state index is 14.9. The highest BCUT2D eigenvalue weighted by atomic mass is 35.5. The van der Waals surface area contributed by atoms with Gasteiger partial charge in [0.15, 0.2) is 0 Å². The van der Waals surface area contributed by atoms with Crippen LogP contribution in [0.2, 0.25) is 5.02 Å². The van der Waals surface area contributed by atoms with Crippen molar-refractivity contribution >= 4 is 33.5 Å². The number of alkyl halides is 6. The van der Waals surface area contributed by atoms with Crippen LogP contribution in [0.15, 0.2) is 24.4 Å². The number of carboxylic acids is 1. The number of sulfonamides is 1. The second kappa shape index (κ2) is 13.3. The molecule has 18 heteroatoms. The van der Waals surface area contributed by atoms with Gasteiger partial charge in [0.25, 0.3) is 5.91 Å². The van der Waals surface area contributed by atoms with Gasteiger partial charge in [-0.2, -0.15) is 26.3 Å². The van der Waals surface area contributed by atoms with E-state index in [1.54, 1.807) is 0 Å². The topological polar surface area (TPSA) is 126 Å². The summed E-state index contributed by atoms with van der Waals surface area (Å²) < 4.78 is 117. The quantitative estimate of drug-likeness (QED) is 0.351. The van der Waals surface area contributed by atoms with E-state index in [0.29, 0.717) is 31.6 Å². The Morgan fingerprint density at radius 1 is 1.13 bits per heavy atom. The molecule has 1 aliphatic carbocycles. The zero-order valence-electron chi connectivity index (χ0n) is 24.0. The molecule has 1 amide bonds. The number of benzene rings is 1. The molecule has 1 unspecified atom stereocenters. The summed E-state index contributed by atoms with van der Waals surface area (Å²) >= 11 is 5.66. The third-order valence-electron chi connectivity index (χ3n) is 7.01. The molecule has 1 saturated carbocycles. The number of piperidine rings is 1. The van der Waals surface area contributed by atoms with E-state index in [1.807, 2.05) is 18.6 Å². The van der Waals surface area contributed by atoms with E-state index >= 15 is 0 Å². The van der Waals surface area contributed by atoms with Gasteiger partial charge in [0.1, 0.15) is 11.9 Å². The molecule has 1 atom stereocenters. The number of carbonyl (C=O) groups excluding carboxylic acids is 1. The van der Waals surface area contributed by atoms with Crippen LogP contribution in [0.25, 0.3) is 0 Å². The predicted molar refractivity (Wildman–Crippen MR) is 147 cm³/mol. The lowest BCUT2D eigenvalue weighted by molar-refractivity contribution is -0.192. The van der Waals surface area contributed by atoms with Crippen LogP contribution in [0.5, 0.6) is 5.88 Å². The molecular formula is C27H29ClF7N3O6S. The molecule has 2 aliphatic rings. The first-order valence-electron chi connectivity index (χ1n) is 13.2. The lowest BCUT2D eigenvalue weighted by Crippen LogP contribution is -2.50. The molecule has 250 valence electrons. The highest BCUT2D eigenvalue weighted by molar-refractivity contribution is 7.89. The highest BCUT2D eigenvalue weighted by Crippen LogP contribution is 2.43.